The van der Waals surface area contributed by atoms with E-state index in [1.807, 2.05) is 22.6 Å². The molecule has 3 rings (SSSR count). The van der Waals surface area contributed by atoms with Gasteiger partial charge in [-0.05, 0) is 41.9 Å². The van der Waals surface area contributed by atoms with Crippen LogP contribution in [0.4, 0.5) is 5.82 Å². The van der Waals surface area contributed by atoms with Crippen LogP contribution in [0, 0.1) is 3.57 Å². The third kappa shape index (κ3) is 1.73. The van der Waals surface area contributed by atoms with Crippen molar-refractivity contribution in [3.05, 3.63) is 20.3 Å². The van der Waals surface area contributed by atoms with Crippen LogP contribution in [0.15, 0.2) is 11.1 Å². The van der Waals surface area contributed by atoms with Crippen molar-refractivity contribution in [2.75, 3.05) is 5.32 Å². The first kappa shape index (κ1) is 10.5. The molecule has 0 amide bonds. The molecule has 3 atom stereocenters. The first-order valence-corrected chi connectivity index (χ1v) is 6.47. The van der Waals surface area contributed by atoms with E-state index in [4.69, 9.17) is 4.74 Å². The fourth-order valence-electron chi connectivity index (χ4n) is 2.45. The molecule has 86 valence electrons. The highest BCUT2D eigenvalue weighted by Crippen LogP contribution is 2.35. The lowest BCUT2D eigenvalue weighted by atomic mass is 9.95. The standard InChI is InChI=1S/C10H12IN3O2/c11-8-9(12-4-13-10(8)15)14-6-3-5-1-2-7(6)16-5/h4-7H,1-3H2,(H2,12,13,14,15). The molecule has 2 saturated heterocycles. The van der Waals surface area contributed by atoms with Crippen molar-refractivity contribution >= 4 is 28.4 Å². The van der Waals surface area contributed by atoms with Crippen molar-refractivity contribution in [2.45, 2.75) is 37.5 Å². The van der Waals surface area contributed by atoms with Crippen molar-refractivity contribution < 1.29 is 4.74 Å². The molecule has 0 spiro atoms. The van der Waals surface area contributed by atoms with E-state index in [0.717, 1.165) is 12.8 Å². The fraction of sp³-hybridized carbons (Fsp3) is 0.600. The third-order valence-corrected chi connectivity index (χ3v) is 4.23. The van der Waals surface area contributed by atoms with Crippen LogP contribution in [-0.4, -0.2) is 28.2 Å². The van der Waals surface area contributed by atoms with Crippen molar-refractivity contribution in [1.82, 2.24) is 9.97 Å². The Morgan fingerprint density at radius 2 is 2.44 bits per heavy atom. The molecule has 0 aliphatic carbocycles. The van der Waals surface area contributed by atoms with E-state index < -0.39 is 0 Å². The molecule has 3 heterocycles. The van der Waals surface area contributed by atoms with Crippen LogP contribution in [0.5, 0.6) is 0 Å². The van der Waals surface area contributed by atoms with Gasteiger partial charge in [0.05, 0.1) is 24.6 Å². The molecule has 2 aliphatic heterocycles. The topological polar surface area (TPSA) is 67.0 Å². The maximum Gasteiger partial charge on any atom is 0.266 e. The van der Waals surface area contributed by atoms with Crippen LogP contribution in [-0.2, 0) is 4.74 Å². The number of ether oxygens (including phenoxy) is 1. The van der Waals surface area contributed by atoms with Crippen molar-refractivity contribution in [3.8, 4) is 0 Å². The molecule has 2 aliphatic rings. The number of nitrogens with zero attached hydrogens (tertiary/aromatic N) is 1. The van der Waals surface area contributed by atoms with Gasteiger partial charge in [-0.1, -0.05) is 0 Å². The maximum absolute atomic E-state index is 11.4. The van der Waals surface area contributed by atoms with Gasteiger partial charge in [0.1, 0.15) is 9.39 Å². The molecule has 3 unspecified atom stereocenters. The van der Waals surface area contributed by atoms with Crippen LogP contribution in [0.1, 0.15) is 19.3 Å². The van der Waals surface area contributed by atoms with E-state index in [9.17, 15) is 4.79 Å². The molecule has 2 bridgehead atoms. The average Bonchev–Trinajstić information content (AvgIpc) is 2.86. The molecule has 2 fully saturated rings. The van der Waals surface area contributed by atoms with Gasteiger partial charge in [-0.15, -0.1) is 0 Å². The Bertz CT molecular complexity index is 462. The molecule has 1 aromatic heterocycles. The minimum Gasteiger partial charge on any atom is -0.373 e. The zero-order valence-corrected chi connectivity index (χ0v) is 10.7. The van der Waals surface area contributed by atoms with Gasteiger partial charge in [0, 0.05) is 0 Å². The van der Waals surface area contributed by atoms with Crippen molar-refractivity contribution in [1.29, 1.82) is 0 Å². The van der Waals surface area contributed by atoms with Crippen molar-refractivity contribution in [3.63, 3.8) is 0 Å². The second kappa shape index (κ2) is 3.99. The van der Waals surface area contributed by atoms with Gasteiger partial charge in [-0.2, -0.15) is 0 Å². The Hall–Kier alpha value is -0.630. The number of hydrogen-bond donors (Lipinski definition) is 2. The maximum atomic E-state index is 11.4. The smallest absolute Gasteiger partial charge is 0.266 e. The van der Waals surface area contributed by atoms with Crippen LogP contribution in [0.2, 0.25) is 0 Å². The molecule has 6 heteroatoms. The van der Waals surface area contributed by atoms with Gasteiger partial charge in [-0.25, -0.2) is 4.98 Å². The van der Waals surface area contributed by atoms with E-state index in [1.54, 1.807) is 0 Å². The average molecular weight is 333 g/mol. The fourth-order valence-corrected chi connectivity index (χ4v) is 2.90. The lowest BCUT2D eigenvalue weighted by molar-refractivity contribution is 0.102. The Balaban J connectivity index is 1.80. The minimum absolute atomic E-state index is 0.0952. The van der Waals surface area contributed by atoms with E-state index in [2.05, 4.69) is 15.3 Å². The second-order valence-corrected chi connectivity index (χ2v) is 5.33. The number of aromatic nitrogens is 2. The molecule has 0 radical (unpaired) electrons. The summed E-state index contributed by atoms with van der Waals surface area (Å²) >= 11 is 2.01. The summed E-state index contributed by atoms with van der Waals surface area (Å²) in [6.07, 6.45) is 5.44. The molecule has 0 aromatic carbocycles. The number of rotatable bonds is 2. The van der Waals surface area contributed by atoms with Gasteiger partial charge in [0.2, 0.25) is 0 Å². The molecule has 16 heavy (non-hydrogen) atoms. The quantitative estimate of drug-likeness (QED) is 0.796. The summed E-state index contributed by atoms with van der Waals surface area (Å²) in [7, 11) is 0. The van der Waals surface area contributed by atoms with E-state index in [0.29, 0.717) is 27.6 Å². The van der Waals surface area contributed by atoms with Crippen LogP contribution >= 0.6 is 22.6 Å². The number of H-pyrrole nitrogens is 1. The summed E-state index contributed by atoms with van der Waals surface area (Å²) < 4.78 is 6.36. The predicted octanol–water partition coefficient (Wildman–Crippen LogP) is 1.11. The molecule has 0 saturated carbocycles. The normalized spacial score (nSPS) is 31.9. The van der Waals surface area contributed by atoms with Crippen LogP contribution in [0.25, 0.3) is 0 Å². The van der Waals surface area contributed by atoms with E-state index in [-0.39, 0.29) is 5.56 Å². The minimum atomic E-state index is -0.0952. The predicted molar refractivity (Wildman–Crippen MR) is 67.5 cm³/mol. The highest BCUT2D eigenvalue weighted by molar-refractivity contribution is 14.1. The Morgan fingerprint density at radius 3 is 3.12 bits per heavy atom. The van der Waals surface area contributed by atoms with Gasteiger partial charge in [-0.3, -0.25) is 4.79 Å². The van der Waals surface area contributed by atoms with E-state index in [1.165, 1.54) is 12.7 Å². The number of aromatic amines is 1. The number of fused-ring (bicyclic) bond motifs is 2. The Kier molecular flexibility index (Phi) is 2.62. The second-order valence-electron chi connectivity index (χ2n) is 4.25. The highest BCUT2D eigenvalue weighted by atomic mass is 127. The van der Waals surface area contributed by atoms with Gasteiger partial charge >= 0.3 is 0 Å². The molecular formula is C10H12IN3O2. The van der Waals surface area contributed by atoms with Gasteiger partial charge in [0.15, 0.2) is 0 Å². The summed E-state index contributed by atoms with van der Waals surface area (Å²) in [6.45, 7) is 0. The lowest BCUT2D eigenvalue weighted by Crippen LogP contribution is -2.32. The molecular weight excluding hydrogens is 321 g/mol. The first-order chi connectivity index (χ1) is 7.74. The van der Waals surface area contributed by atoms with E-state index >= 15 is 0 Å². The first-order valence-electron chi connectivity index (χ1n) is 5.39. The van der Waals surface area contributed by atoms with Crippen LogP contribution < -0.4 is 10.9 Å². The number of anilines is 1. The van der Waals surface area contributed by atoms with Gasteiger partial charge < -0.3 is 15.0 Å². The zero-order chi connectivity index (χ0) is 11.1. The molecule has 1 aromatic rings. The van der Waals surface area contributed by atoms with Gasteiger partial charge in [0.25, 0.3) is 5.56 Å². The summed E-state index contributed by atoms with van der Waals surface area (Å²) in [5, 5.41) is 3.32. The summed E-state index contributed by atoms with van der Waals surface area (Å²) in [5.74, 6) is 0.672. The van der Waals surface area contributed by atoms with Crippen molar-refractivity contribution in [2.24, 2.45) is 0 Å². The lowest BCUT2D eigenvalue weighted by Gasteiger charge is -2.20. The monoisotopic (exact) mass is 333 g/mol. The Morgan fingerprint density at radius 1 is 1.56 bits per heavy atom. The number of nitrogens with one attached hydrogen (secondary N) is 2. The SMILES string of the molecule is O=c1[nH]cnc(NC2CC3CCC2O3)c1I. The third-order valence-electron chi connectivity index (χ3n) is 3.22. The highest BCUT2D eigenvalue weighted by Gasteiger charge is 2.41. The Labute approximate surface area is 106 Å². The summed E-state index contributed by atoms with van der Waals surface area (Å²) in [6, 6.07) is 0.307. The van der Waals surface area contributed by atoms with Crippen LogP contribution in [0.3, 0.4) is 0 Å². The molecule has 2 N–H and O–H groups in total. The number of halogens is 1. The number of hydrogen-bond acceptors (Lipinski definition) is 4. The summed E-state index contributed by atoms with van der Waals surface area (Å²) in [4.78, 5) is 18.1. The summed E-state index contributed by atoms with van der Waals surface area (Å²) in [5.41, 5.74) is -0.0952. The molecule has 5 nitrogen and oxygen atoms in total. The zero-order valence-electron chi connectivity index (χ0n) is 8.57. The largest absolute Gasteiger partial charge is 0.373 e.